The van der Waals surface area contributed by atoms with Crippen molar-refractivity contribution in [3.8, 4) is 5.69 Å². The van der Waals surface area contributed by atoms with Crippen LogP contribution in [0.2, 0.25) is 5.02 Å². The van der Waals surface area contributed by atoms with Crippen molar-refractivity contribution in [3.63, 3.8) is 0 Å². The van der Waals surface area contributed by atoms with E-state index in [1.165, 1.54) is 0 Å². The highest BCUT2D eigenvalue weighted by atomic mass is 35.5. The summed E-state index contributed by atoms with van der Waals surface area (Å²) in [4.78, 5) is 24.1. The van der Waals surface area contributed by atoms with Crippen LogP contribution in [0.5, 0.6) is 0 Å². The van der Waals surface area contributed by atoms with Crippen LogP contribution in [-0.4, -0.2) is 46.7 Å². The standard InChI is InChI=1S/C24H22ClN5O2/c25-18-3-1-2-16-19(6-7-27-21(16)18)30-20-13-15(29-8-10-32-11-9-29)12-17(23(26)31)22(20)28-24(30)14-4-5-14/h1-3,6-7,12-14H,4-5,8-11H2,(H2,26,31). The number of benzene rings is 2. The topological polar surface area (TPSA) is 86.3 Å². The third kappa shape index (κ3) is 3.12. The number of amides is 1. The number of nitrogens with zero attached hydrogens (tertiary/aromatic N) is 4. The van der Waals surface area contributed by atoms with Crippen LogP contribution in [0.4, 0.5) is 5.69 Å². The van der Waals surface area contributed by atoms with Crippen molar-refractivity contribution in [2.75, 3.05) is 31.2 Å². The van der Waals surface area contributed by atoms with Crippen LogP contribution in [0, 0.1) is 0 Å². The second-order valence-electron chi connectivity index (χ2n) is 8.37. The van der Waals surface area contributed by atoms with E-state index in [0.717, 1.165) is 59.5 Å². The van der Waals surface area contributed by atoms with Gasteiger partial charge in [-0.15, -0.1) is 0 Å². The molecule has 6 rings (SSSR count). The average molecular weight is 448 g/mol. The lowest BCUT2D eigenvalue weighted by Crippen LogP contribution is -2.36. The van der Waals surface area contributed by atoms with E-state index in [1.807, 2.05) is 30.3 Å². The first kappa shape index (κ1) is 19.5. The number of fused-ring (bicyclic) bond motifs is 2. The number of rotatable bonds is 4. The Labute approximate surface area is 189 Å². The summed E-state index contributed by atoms with van der Waals surface area (Å²) in [6.07, 6.45) is 3.93. The molecule has 0 unspecified atom stereocenters. The zero-order valence-corrected chi connectivity index (χ0v) is 18.2. The molecule has 7 nitrogen and oxygen atoms in total. The first-order chi connectivity index (χ1) is 15.6. The lowest BCUT2D eigenvalue weighted by atomic mass is 10.1. The molecular formula is C24H22ClN5O2. The summed E-state index contributed by atoms with van der Waals surface area (Å²) in [7, 11) is 0. The molecule has 1 saturated carbocycles. The van der Waals surface area contributed by atoms with Gasteiger partial charge in [-0.2, -0.15) is 0 Å². The molecule has 2 fully saturated rings. The lowest BCUT2D eigenvalue weighted by molar-refractivity contribution is 0.100. The van der Waals surface area contributed by atoms with Crippen molar-refractivity contribution in [1.82, 2.24) is 14.5 Å². The highest BCUT2D eigenvalue weighted by Crippen LogP contribution is 2.43. The van der Waals surface area contributed by atoms with Gasteiger partial charge >= 0.3 is 0 Å². The number of imidazole rings is 1. The van der Waals surface area contributed by atoms with Gasteiger partial charge in [-0.1, -0.05) is 23.7 Å². The molecular weight excluding hydrogens is 426 g/mol. The van der Waals surface area contributed by atoms with Crippen molar-refractivity contribution in [3.05, 3.63) is 59.0 Å². The summed E-state index contributed by atoms with van der Waals surface area (Å²) in [6.45, 7) is 2.84. The molecule has 2 N–H and O–H groups in total. The van der Waals surface area contributed by atoms with E-state index in [2.05, 4.69) is 20.5 Å². The van der Waals surface area contributed by atoms with Gasteiger partial charge in [0.05, 0.1) is 40.5 Å². The molecule has 2 aromatic carbocycles. The van der Waals surface area contributed by atoms with E-state index in [4.69, 9.17) is 27.1 Å². The number of carbonyl (C=O) groups is 1. The summed E-state index contributed by atoms with van der Waals surface area (Å²) in [6, 6.07) is 11.8. The second kappa shape index (κ2) is 7.46. The smallest absolute Gasteiger partial charge is 0.251 e. The maximum atomic E-state index is 12.5. The van der Waals surface area contributed by atoms with Gasteiger partial charge in [0.1, 0.15) is 11.3 Å². The molecule has 0 spiro atoms. The fourth-order valence-electron chi connectivity index (χ4n) is 4.56. The third-order valence-corrected chi connectivity index (χ3v) is 6.60. The number of carbonyl (C=O) groups excluding carboxylic acids is 1. The highest BCUT2D eigenvalue weighted by Gasteiger charge is 2.32. The summed E-state index contributed by atoms with van der Waals surface area (Å²) in [5.41, 5.74) is 10.4. The second-order valence-corrected chi connectivity index (χ2v) is 8.78. The SMILES string of the molecule is NC(=O)c1cc(N2CCOCC2)cc2c1nc(C1CC1)n2-c1ccnc2c(Cl)cccc12. The molecule has 1 aliphatic carbocycles. The number of hydrogen-bond donors (Lipinski definition) is 1. The molecule has 1 saturated heterocycles. The number of primary amides is 1. The van der Waals surface area contributed by atoms with Gasteiger partial charge in [0.15, 0.2) is 0 Å². The number of halogens is 1. The molecule has 0 atom stereocenters. The first-order valence-electron chi connectivity index (χ1n) is 10.8. The molecule has 32 heavy (non-hydrogen) atoms. The Bertz CT molecular complexity index is 1370. The maximum Gasteiger partial charge on any atom is 0.251 e. The van der Waals surface area contributed by atoms with Gasteiger partial charge in [-0.05, 0) is 37.1 Å². The van der Waals surface area contributed by atoms with E-state index >= 15 is 0 Å². The predicted molar refractivity (Wildman–Crippen MR) is 125 cm³/mol. The minimum absolute atomic E-state index is 0.359. The van der Waals surface area contributed by atoms with Gasteiger partial charge in [0.25, 0.3) is 5.91 Å². The van der Waals surface area contributed by atoms with Gasteiger partial charge in [0, 0.05) is 36.3 Å². The van der Waals surface area contributed by atoms with Crippen LogP contribution in [0.3, 0.4) is 0 Å². The Kier molecular flexibility index (Phi) is 4.55. The van der Waals surface area contributed by atoms with Crippen LogP contribution in [0.1, 0.15) is 34.9 Å². The van der Waals surface area contributed by atoms with E-state index in [9.17, 15) is 4.79 Å². The molecule has 2 aromatic heterocycles. The molecule has 162 valence electrons. The van der Waals surface area contributed by atoms with Gasteiger partial charge in [0.2, 0.25) is 0 Å². The predicted octanol–water partition coefficient (Wildman–Crippen LogP) is 4.04. The minimum atomic E-state index is -0.472. The normalized spacial score (nSPS) is 16.7. The Hall–Kier alpha value is -3.16. The summed E-state index contributed by atoms with van der Waals surface area (Å²) < 4.78 is 7.68. The number of aromatic nitrogens is 3. The average Bonchev–Trinajstić information content (AvgIpc) is 3.59. The number of ether oxygens (including phenoxy) is 1. The van der Waals surface area contributed by atoms with Crippen LogP contribution in [-0.2, 0) is 4.74 Å². The van der Waals surface area contributed by atoms with E-state index in [1.54, 1.807) is 6.20 Å². The highest BCUT2D eigenvalue weighted by molar-refractivity contribution is 6.35. The molecule has 1 aliphatic heterocycles. The van der Waals surface area contributed by atoms with Crippen LogP contribution < -0.4 is 10.6 Å². The third-order valence-electron chi connectivity index (χ3n) is 6.29. The van der Waals surface area contributed by atoms with E-state index < -0.39 is 5.91 Å². The van der Waals surface area contributed by atoms with Crippen molar-refractivity contribution >= 4 is 45.1 Å². The van der Waals surface area contributed by atoms with Crippen molar-refractivity contribution in [1.29, 1.82) is 0 Å². The van der Waals surface area contributed by atoms with Crippen molar-refractivity contribution in [2.45, 2.75) is 18.8 Å². The van der Waals surface area contributed by atoms with Crippen LogP contribution in [0.25, 0.3) is 27.6 Å². The largest absolute Gasteiger partial charge is 0.378 e. The first-order valence-corrected chi connectivity index (χ1v) is 11.2. The number of pyridine rings is 1. The molecule has 2 aliphatic rings. The zero-order valence-electron chi connectivity index (χ0n) is 17.4. The van der Waals surface area contributed by atoms with Gasteiger partial charge in [-0.25, -0.2) is 4.98 Å². The summed E-state index contributed by atoms with van der Waals surface area (Å²) >= 11 is 6.45. The number of morpholine rings is 1. The lowest BCUT2D eigenvalue weighted by Gasteiger charge is -2.29. The Balaban J connectivity index is 1.67. The molecule has 4 aromatic rings. The number of nitrogens with two attached hydrogens (primary N) is 1. The minimum Gasteiger partial charge on any atom is -0.378 e. The molecule has 0 bridgehead atoms. The molecule has 3 heterocycles. The van der Waals surface area contributed by atoms with Gasteiger partial charge in [-0.3, -0.25) is 14.3 Å². The fraction of sp³-hybridized carbons (Fsp3) is 0.292. The van der Waals surface area contributed by atoms with E-state index in [-0.39, 0.29) is 0 Å². The van der Waals surface area contributed by atoms with E-state index in [0.29, 0.717) is 35.2 Å². The molecule has 0 radical (unpaired) electrons. The quantitative estimate of drug-likeness (QED) is 0.510. The monoisotopic (exact) mass is 447 g/mol. The van der Waals surface area contributed by atoms with Crippen molar-refractivity contribution < 1.29 is 9.53 Å². The number of hydrogen-bond acceptors (Lipinski definition) is 5. The zero-order chi connectivity index (χ0) is 21.8. The number of anilines is 1. The maximum absolute atomic E-state index is 12.5. The summed E-state index contributed by atoms with van der Waals surface area (Å²) in [5.74, 6) is 0.839. The molecule has 8 heteroatoms. The van der Waals surface area contributed by atoms with Crippen molar-refractivity contribution in [2.24, 2.45) is 5.73 Å². The Morgan fingerprint density at radius 1 is 1.12 bits per heavy atom. The summed E-state index contributed by atoms with van der Waals surface area (Å²) in [5, 5.41) is 1.55. The molecule has 1 amide bonds. The van der Waals surface area contributed by atoms with Gasteiger partial charge < -0.3 is 15.4 Å². The van der Waals surface area contributed by atoms with Crippen LogP contribution in [0.15, 0.2) is 42.6 Å². The fourth-order valence-corrected chi connectivity index (χ4v) is 4.78. The Morgan fingerprint density at radius 3 is 2.69 bits per heavy atom. The Morgan fingerprint density at radius 2 is 1.94 bits per heavy atom. The van der Waals surface area contributed by atoms with Crippen LogP contribution >= 0.6 is 11.6 Å². The number of para-hydroxylation sites is 1.